The van der Waals surface area contributed by atoms with Crippen molar-refractivity contribution >= 4 is 0 Å². The Balaban J connectivity index is 2.95. The Kier molecular flexibility index (Phi) is 8.03. The van der Waals surface area contributed by atoms with Crippen molar-refractivity contribution in [2.45, 2.75) is 84.4 Å². The van der Waals surface area contributed by atoms with Crippen molar-refractivity contribution in [3.05, 3.63) is 52.6 Å². The lowest BCUT2D eigenvalue weighted by Crippen LogP contribution is -2.25. The third-order valence-electron chi connectivity index (χ3n) is 5.24. The van der Waals surface area contributed by atoms with Gasteiger partial charge in [-0.15, -0.1) is 0 Å². The number of aliphatic hydroxyl groups is 1. The predicted molar refractivity (Wildman–Crippen MR) is 112 cm³/mol. The summed E-state index contributed by atoms with van der Waals surface area (Å²) < 4.78 is 54.7. The summed E-state index contributed by atoms with van der Waals surface area (Å²) in [7, 11) is 0. The minimum absolute atomic E-state index is 0.00426. The van der Waals surface area contributed by atoms with Gasteiger partial charge in [0.05, 0.1) is 0 Å². The molecule has 30 heavy (non-hydrogen) atoms. The first kappa shape index (κ1) is 24.3. The number of unbranched alkanes of at least 4 members (excludes halogenated alkanes) is 2. The largest absolute Gasteiger partial charge is 0.418 e. The third kappa shape index (κ3) is 5.39. The minimum atomic E-state index is -4.83. The summed E-state index contributed by atoms with van der Waals surface area (Å²) in [6.45, 7) is 9.52. The van der Waals surface area contributed by atoms with E-state index in [2.05, 4.69) is 11.9 Å². The molecule has 1 N–H and O–H groups in total. The van der Waals surface area contributed by atoms with Gasteiger partial charge >= 0.3 is 6.18 Å². The van der Waals surface area contributed by atoms with Crippen molar-refractivity contribution in [1.82, 2.24) is 4.98 Å². The van der Waals surface area contributed by atoms with Crippen LogP contribution in [-0.2, 0) is 6.42 Å². The fourth-order valence-corrected chi connectivity index (χ4v) is 3.79. The maximum Gasteiger partial charge on any atom is 0.418 e. The molecule has 1 unspecified atom stereocenters. The van der Waals surface area contributed by atoms with Gasteiger partial charge in [0.1, 0.15) is 5.82 Å². The summed E-state index contributed by atoms with van der Waals surface area (Å²) in [5.41, 5.74) is 2.30. The van der Waals surface area contributed by atoms with Crippen molar-refractivity contribution in [1.29, 1.82) is 0 Å². The Hall–Kier alpha value is -1.95. The molecular formula is C24H31F4NO. The monoisotopic (exact) mass is 425 g/mol. The molecule has 0 spiro atoms. The number of hydrogen-bond acceptors (Lipinski definition) is 2. The molecule has 1 aromatic heterocycles. The van der Waals surface area contributed by atoms with E-state index in [1.54, 1.807) is 13.8 Å². The van der Waals surface area contributed by atoms with Crippen molar-refractivity contribution in [2.24, 2.45) is 0 Å². The zero-order chi connectivity index (χ0) is 22.6. The lowest BCUT2D eigenvalue weighted by Gasteiger charge is -2.28. The Morgan fingerprint density at radius 1 is 0.933 bits per heavy atom. The smallest absolute Gasteiger partial charge is 0.379 e. The summed E-state index contributed by atoms with van der Waals surface area (Å²) in [6.07, 6.45) is -4.23. The number of alkyl halides is 3. The van der Waals surface area contributed by atoms with Crippen LogP contribution in [0.3, 0.4) is 0 Å². The van der Waals surface area contributed by atoms with Gasteiger partial charge in [0.25, 0.3) is 0 Å². The van der Waals surface area contributed by atoms with E-state index >= 15 is 0 Å². The summed E-state index contributed by atoms with van der Waals surface area (Å²) in [4.78, 5) is 4.65. The van der Waals surface area contributed by atoms with Crippen LogP contribution < -0.4 is 0 Å². The molecule has 2 rings (SSSR count). The lowest BCUT2D eigenvalue weighted by atomic mass is 9.83. The van der Waals surface area contributed by atoms with Gasteiger partial charge < -0.3 is 5.11 Å². The van der Waals surface area contributed by atoms with Gasteiger partial charge in [-0.05, 0) is 53.5 Å². The third-order valence-corrected chi connectivity index (χ3v) is 5.24. The molecule has 0 radical (unpaired) electrons. The van der Waals surface area contributed by atoms with Gasteiger partial charge in [0.2, 0.25) is 0 Å². The molecule has 6 heteroatoms. The van der Waals surface area contributed by atoms with Crippen molar-refractivity contribution in [3.8, 4) is 11.1 Å². The number of halogens is 4. The van der Waals surface area contributed by atoms with Crippen molar-refractivity contribution in [2.75, 3.05) is 0 Å². The second kappa shape index (κ2) is 9.90. The van der Waals surface area contributed by atoms with Crippen LogP contribution in [0.25, 0.3) is 11.1 Å². The molecule has 0 aliphatic heterocycles. The highest BCUT2D eigenvalue weighted by Gasteiger charge is 2.43. The van der Waals surface area contributed by atoms with Crippen LogP contribution in [-0.4, -0.2) is 16.3 Å². The summed E-state index contributed by atoms with van der Waals surface area (Å²) >= 11 is 0. The first-order chi connectivity index (χ1) is 14.0. The molecule has 1 aromatic carbocycles. The molecule has 0 saturated carbocycles. The Morgan fingerprint density at radius 3 is 1.97 bits per heavy atom. The fraction of sp³-hybridized carbons (Fsp3) is 0.542. The van der Waals surface area contributed by atoms with Gasteiger partial charge in [-0.3, -0.25) is 4.98 Å². The summed E-state index contributed by atoms with van der Waals surface area (Å²) in [6, 6.07) is 5.43. The molecule has 1 heterocycles. The molecule has 0 bridgehead atoms. The van der Waals surface area contributed by atoms with Crippen LogP contribution in [0.1, 0.15) is 94.3 Å². The van der Waals surface area contributed by atoms with E-state index in [0.717, 1.165) is 25.0 Å². The zero-order valence-electron chi connectivity index (χ0n) is 18.3. The topological polar surface area (TPSA) is 33.1 Å². The van der Waals surface area contributed by atoms with Gasteiger partial charge in [0, 0.05) is 17.0 Å². The number of rotatable bonds is 8. The zero-order valence-corrected chi connectivity index (χ0v) is 18.3. The van der Waals surface area contributed by atoms with Crippen LogP contribution in [0, 0.1) is 5.82 Å². The fourth-order valence-electron chi connectivity index (χ4n) is 3.79. The maximum absolute atomic E-state index is 13.7. The van der Waals surface area contributed by atoms with Crippen LogP contribution >= 0.6 is 0 Å². The Bertz CT molecular complexity index is 842. The van der Waals surface area contributed by atoms with E-state index in [9.17, 15) is 22.7 Å². The molecule has 2 nitrogen and oxygen atoms in total. The highest BCUT2D eigenvalue weighted by Crippen LogP contribution is 2.44. The standard InChI is InChI=1S/C24H31F4NO/c1-6-7-8-9-18-19(16-10-12-17(25)13-11-16)20(23(30)24(26,27)28)22(15(4)5)29-21(18)14(2)3/h10-15,23,30H,6-9H2,1-5H3. The molecule has 1 atom stereocenters. The number of pyridine rings is 1. The lowest BCUT2D eigenvalue weighted by molar-refractivity contribution is -0.207. The van der Waals surface area contributed by atoms with Gasteiger partial charge in [-0.1, -0.05) is 59.6 Å². The van der Waals surface area contributed by atoms with E-state index in [1.807, 2.05) is 13.8 Å². The number of nitrogens with zero attached hydrogens (tertiary/aromatic N) is 1. The number of hydrogen-bond donors (Lipinski definition) is 1. The summed E-state index contributed by atoms with van der Waals surface area (Å²) in [5, 5.41) is 10.4. The SMILES string of the molecule is CCCCCc1c(C(C)C)nc(C(C)C)c(C(O)C(F)(F)F)c1-c1ccc(F)cc1. The highest BCUT2D eigenvalue weighted by atomic mass is 19.4. The Labute approximate surface area is 176 Å². The first-order valence-electron chi connectivity index (χ1n) is 10.6. The molecule has 0 saturated heterocycles. The van der Waals surface area contributed by atoms with Crippen LogP contribution in [0.2, 0.25) is 0 Å². The van der Waals surface area contributed by atoms with E-state index in [0.29, 0.717) is 23.1 Å². The quantitative estimate of drug-likeness (QED) is 0.352. The van der Waals surface area contributed by atoms with E-state index in [-0.39, 0.29) is 23.1 Å². The number of aliphatic hydroxyl groups excluding tert-OH is 1. The molecule has 166 valence electrons. The second-order valence-corrected chi connectivity index (χ2v) is 8.37. The molecule has 0 aliphatic rings. The van der Waals surface area contributed by atoms with E-state index in [4.69, 9.17) is 0 Å². The normalized spacial score (nSPS) is 13.3. The van der Waals surface area contributed by atoms with Gasteiger partial charge in [-0.2, -0.15) is 13.2 Å². The average molecular weight is 426 g/mol. The molecule has 0 aliphatic carbocycles. The van der Waals surface area contributed by atoms with Crippen LogP contribution in [0.4, 0.5) is 17.6 Å². The second-order valence-electron chi connectivity index (χ2n) is 8.37. The number of aromatic nitrogens is 1. The minimum Gasteiger partial charge on any atom is -0.379 e. The predicted octanol–water partition coefficient (Wildman–Crippen LogP) is 7.46. The molecule has 0 amide bonds. The van der Waals surface area contributed by atoms with Crippen LogP contribution in [0.5, 0.6) is 0 Å². The van der Waals surface area contributed by atoms with Gasteiger partial charge in [-0.25, -0.2) is 4.39 Å². The molecular weight excluding hydrogens is 394 g/mol. The number of benzene rings is 1. The highest BCUT2D eigenvalue weighted by molar-refractivity contribution is 5.74. The van der Waals surface area contributed by atoms with Crippen molar-refractivity contribution < 1.29 is 22.7 Å². The Morgan fingerprint density at radius 2 is 1.50 bits per heavy atom. The van der Waals surface area contributed by atoms with Gasteiger partial charge in [0.15, 0.2) is 6.10 Å². The van der Waals surface area contributed by atoms with Crippen molar-refractivity contribution in [3.63, 3.8) is 0 Å². The van der Waals surface area contributed by atoms with Crippen LogP contribution in [0.15, 0.2) is 24.3 Å². The maximum atomic E-state index is 13.7. The van der Waals surface area contributed by atoms with E-state index in [1.165, 1.54) is 24.3 Å². The molecule has 0 fully saturated rings. The first-order valence-corrected chi connectivity index (χ1v) is 10.6. The average Bonchev–Trinajstić information content (AvgIpc) is 2.66. The molecule has 2 aromatic rings. The summed E-state index contributed by atoms with van der Waals surface area (Å²) in [5.74, 6) is -0.791. The van der Waals surface area contributed by atoms with E-state index < -0.39 is 18.1 Å².